The molecule has 2 aromatic rings. The van der Waals surface area contributed by atoms with Crippen LogP contribution in [0.25, 0.3) is 0 Å². The van der Waals surface area contributed by atoms with Crippen LogP contribution in [0, 0.1) is 3.57 Å². The van der Waals surface area contributed by atoms with Gasteiger partial charge in [-0.1, -0.05) is 12.1 Å². The fourth-order valence-corrected chi connectivity index (χ4v) is 3.07. The van der Waals surface area contributed by atoms with Gasteiger partial charge in [-0.15, -0.1) is 11.3 Å². The summed E-state index contributed by atoms with van der Waals surface area (Å²) < 4.78 is 1.91. The Kier molecular flexibility index (Phi) is 3.68. The third kappa shape index (κ3) is 2.47. The Hall–Kier alpha value is 0.0200. The van der Waals surface area contributed by atoms with Gasteiger partial charge in [0.1, 0.15) is 15.2 Å². The highest BCUT2D eigenvalue weighted by Crippen LogP contribution is 2.32. The van der Waals surface area contributed by atoms with Crippen molar-refractivity contribution < 1.29 is 5.11 Å². The van der Waals surface area contributed by atoms with E-state index in [-0.39, 0.29) is 0 Å². The van der Waals surface area contributed by atoms with E-state index in [0.29, 0.717) is 5.01 Å². The SMILES string of the molecule is CC(O)(c1ccc(I)cc1)c1nc(Br)cs1. The number of hydrogen-bond donors (Lipinski definition) is 1. The van der Waals surface area contributed by atoms with Crippen molar-refractivity contribution in [3.63, 3.8) is 0 Å². The number of halogens is 2. The molecule has 0 fully saturated rings. The Morgan fingerprint density at radius 2 is 2.00 bits per heavy atom. The van der Waals surface area contributed by atoms with Crippen molar-refractivity contribution >= 4 is 49.9 Å². The van der Waals surface area contributed by atoms with E-state index in [1.54, 1.807) is 6.92 Å². The Morgan fingerprint density at radius 3 is 2.50 bits per heavy atom. The highest BCUT2D eigenvalue weighted by atomic mass is 127. The van der Waals surface area contributed by atoms with E-state index in [1.165, 1.54) is 11.3 Å². The molecular weight excluding hydrogens is 401 g/mol. The topological polar surface area (TPSA) is 33.1 Å². The summed E-state index contributed by atoms with van der Waals surface area (Å²) in [5.41, 5.74) is -0.170. The van der Waals surface area contributed by atoms with Gasteiger partial charge >= 0.3 is 0 Å². The molecule has 0 aliphatic carbocycles. The molecule has 0 aliphatic rings. The van der Waals surface area contributed by atoms with Crippen LogP contribution in [0.2, 0.25) is 0 Å². The highest BCUT2D eigenvalue weighted by molar-refractivity contribution is 14.1. The van der Waals surface area contributed by atoms with Gasteiger partial charge in [0.05, 0.1) is 0 Å². The summed E-state index contributed by atoms with van der Waals surface area (Å²) in [6, 6.07) is 7.81. The Morgan fingerprint density at radius 1 is 1.38 bits per heavy atom. The minimum Gasteiger partial charge on any atom is -0.378 e. The van der Waals surface area contributed by atoms with Gasteiger partial charge in [0.15, 0.2) is 0 Å². The van der Waals surface area contributed by atoms with Crippen LogP contribution in [0.1, 0.15) is 17.5 Å². The first-order valence-corrected chi connectivity index (χ1v) is 7.35. The van der Waals surface area contributed by atoms with Gasteiger partial charge in [0.25, 0.3) is 0 Å². The Bertz CT molecular complexity index is 495. The monoisotopic (exact) mass is 409 g/mol. The molecule has 1 aromatic carbocycles. The third-order valence-corrected chi connectivity index (χ3v) is 4.78. The van der Waals surface area contributed by atoms with Crippen LogP contribution in [0.4, 0.5) is 0 Å². The van der Waals surface area contributed by atoms with E-state index in [9.17, 15) is 5.11 Å². The number of aromatic nitrogens is 1. The lowest BCUT2D eigenvalue weighted by atomic mass is 9.97. The zero-order valence-electron chi connectivity index (χ0n) is 8.45. The largest absolute Gasteiger partial charge is 0.378 e. The number of rotatable bonds is 2. The maximum atomic E-state index is 10.5. The van der Waals surface area contributed by atoms with Crippen molar-refractivity contribution in [2.45, 2.75) is 12.5 Å². The van der Waals surface area contributed by atoms with E-state index in [2.05, 4.69) is 43.5 Å². The molecule has 0 aliphatic heterocycles. The molecule has 84 valence electrons. The standard InChI is InChI=1S/C11H9BrINOS/c1-11(15,10-14-9(12)6-16-10)7-2-4-8(13)5-3-7/h2-6,15H,1H3. The molecule has 0 bridgehead atoms. The first-order chi connectivity index (χ1) is 7.50. The molecule has 2 rings (SSSR count). The van der Waals surface area contributed by atoms with Crippen molar-refractivity contribution in [3.05, 3.63) is 48.4 Å². The van der Waals surface area contributed by atoms with Gasteiger partial charge in [0.2, 0.25) is 0 Å². The van der Waals surface area contributed by atoms with Crippen molar-refractivity contribution in [1.82, 2.24) is 4.98 Å². The maximum Gasteiger partial charge on any atom is 0.138 e. The van der Waals surface area contributed by atoms with Gasteiger partial charge in [-0.3, -0.25) is 0 Å². The first-order valence-electron chi connectivity index (χ1n) is 4.60. The van der Waals surface area contributed by atoms with Crippen LogP contribution in [0.15, 0.2) is 34.2 Å². The zero-order valence-corrected chi connectivity index (χ0v) is 13.0. The smallest absolute Gasteiger partial charge is 0.138 e. The minimum absolute atomic E-state index is 0.695. The van der Waals surface area contributed by atoms with Gasteiger partial charge in [0, 0.05) is 8.95 Å². The number of nitrogens with zero attached hydrogens (tertiary/aromatic N) is 1. The number of hydrogen-bond acceptors (Lipinski definition) is 3. The zero-order chi connectivity index (χ0) is 11.8. The number of aliphatic hydroxyl groups is 1. The second-order valence-corrected chi connectivity index (χ2v) is 6.47. The average molecular weight is 410 g/mol. The lowest BCUT2D eigenvalue weighted by molar-refractivity contribution is 0.102. The molecular formula is C11H9BrINOS. The summed E-state index contributed by atoms with van der Waals surface area (Å²) in [7, 11) is 0. The lowest BCUT2D eigenvalue weighted by Crippen LogP contribution is -2.22. The summed E-state index contributed by atoms with van der Waals surface area (Å²) >= 11 is 6.98. The predicted octanol–water partition coefficient (Wildman–Crippen LogP) is 3.77. The van der Waals surface area contributed by atoms with Crippen LogP contribution in [-0.2, 0) is 5.60 Å². The molecule has 1 N–H and O–H groups in total. The molecule has 1 heterocycles. The van der Waals surface area contributed by atoms with Crippen LogP contribution in [0.3, 0.4) is 0 Å². The van der Waals surface area contributed by atoms with Crippen molar-refractivity contribution in [3.8, 4) is 0 Å². The van der Waals surface area contributed by atoms with Crippen molar-refractivity contribution in [1.29, 1.82) is 0 Å². The molecule has 1 aromatic heterocycles. The molecule has 0 radical (unpaired) electrons. The summed E-state index contributed by atoms with van der Waals surface area (Å²) in [5, 5.41) is 13.1. The highest BCUT2D eigenvalue weighted by Gasteiger charge is 2.28. The molecule has 0 amide bonds. The third-order valence-electron chi connectivity index (χ3n) is 2.30. The van der Waals surface area contributed by atoms with E-state index in [1.807, 2.05) is 29.6 Å². The maximum absolute atomic E-state index is 10.5. The predicted molar refractivity (Wildman–Crippen MR) is 77.6 cm³/mol. The molecule has 5 heteroatoms. The van der Waals surface area contributed by atoms with Gasteiger partial charge < -0.3 is 5.11 Å². The van der Waals surface area contributed by atoms with Crippen molar-refractivity contribution in [2.75, 3.05) is 0 Å². The molecule has 1 unspecified atom stereocenters. The molecule has 0 saturated heterocycles. The van der Waals surface area contributed by atoms with Crippen molar-refractivity contribution in [2.24, 2.45) is 0 Å². The quantitative estimate of drug-likeness (QED) is 0.766. The van der Waals surface area contributed by atoms with E-state index < -0.39 is 5.60 Å². The molecule has 0 spiro atoms. The van der Waals surface area contributed by atoms with Gasteiger partial charge in [-0.2, -0.15) is 0 Å². The fourth-order valence-electron chi connectivity index (χ4n) is 1.38. The van der Waals surface area contributed by atoms with Crippen LogP contribution in [0.5, 0.6) is 0 Å². The second kappa shape index (κ2) is 4.72. The lowest BCUT2D eigenvalue weighted by Gasteiger charge is -2.21. The Balaban J connectivity index is 2.42. The molecule has 1 atom stereocenters. The van der Waals surface area contributed by atoms with E-state index in [0.717, 1.165) is 13.7 Å². The molecule has 0 saturated carbocycles. The van der Waals surface area contributed by atoms with Crippen LogP contribution < -0.4 is 0 Å². The summed E-state index contributed by atoms with van der Waals surface area (Å²) in [6.45, 7) is 1.76. The van der Waals surface area contributed by atoms with E-state index >= 15 is 0 Å². The fraction of sp³-hybridized carbons (Fsp3) is 0.182. The average Bonchev–Trinajstić information content (AvgIpc) is 2.66. The normalized spacial score (nSPS) is 14.8. The van der Waals surface area contributed by atoms with Crippen LogP contribution >= 0.6 is 49.9 Å². The number of thiazole rings is 1. The summed E-state index contributed by atoms with van der Waals surface area (Å²) in [4.78, 5) is 4.26. The molecule has 16 heavy (non-hydrogen) atoms. The second-order valence-electron chi connectivity index (χ2n) is 3.55. The van der Waals surface area contributed by atoms with Crippen LogP contribution in [-0.4, -0.2) is 10.1 Å². The Labute approximate surface area is 120 Å². The van der Waals surface area contributed by atoms with E-state index in [4.69, 9.17) is 0 Å². The number of benzene rings is 1. The first kappa shape index (κ1) is 12.5. The van der Waals surface area contributed by atoms with Gasteiger partial charge in [-0.05, 0) is 63.1 Å². The van der Waals surface area contributed by atoms with Gasteiger partial charge in [-0.25, -0.2) is 4.98 Å². The minimum atomic E-state index is -1.03. The summed E-state index contributed by atoms with van der Waals surface area (Å²) in [6.07, 6.45) is 0. The molecule has 2 nitrogen and oxygen atoms in total. The summed E-state index contributed by atoms with van der Waals surface area (Å²) in [5.74, 6) is 0.